The van der Waals surface area contributed by atoms with E-state index < -0.39 is 23.6 Å². The minimum atomic E-state index is -4.59. The summed E-state index contributed by atoms with van der Waals surface area (Å²) in [6.45, 7) is 8.05. The maximum Gasteiger partial charge on any atom is 0.416 e. The molecule has 1 fully saturated rings. The van der Waals surface area contributed by atoms with Crippen molar-refractivity contribution in [1.82, 2.24) is 14.9 Å². The average molecular weight is 557 g/mol. The molecular weight excluding hydrogens is 525 g/mol. The molecule has 0 saturated carbocycles. The van der Waals surface area contributed by atoms with Crippen LogP contribution in [0.15, 0.2) is 48.8 Å². The van der Waals surface area contributed by atoms with E-state index in [4.69, 9.17) is 4.74 Å². The van der Waals surface area contributed by atoms with E-state index in [1.54, 1.807) is 19.1 Å². The van der Waals surface area contributed by atoms with Crippen LogP contribution in [0.25, 0.3) is 0 Å². The Morgan fingerprint density at radius 3 is 2.38 bits per heavy atom. The molecule has 0 radical (unpaired) electrons. The highest BCUT2D eigenvalue weighted by molar-refractivity contribution is 6.13. The molecule has 4 rings (SSSR count). The fraction of sp³-hybridized carbons (Fsp3) is 0.357. The predicted octanol–water partition coefficient (Wildman–Crippen LogP) is 4.75. The van der Waals surface area contributed by atoms with Gasteiger partial charge in [0.05, 0.1) is 48.1 Å². The molecule has 9 nitrogen and oxygen atoms in total. The average Bonchev–Trinajstić information content (AvgIpc) is 2.93. The van der Waals surface area contributed by atoms with Crippen LogP contribution in [0.2, 0.25) is 0 Å². The van der Waals surface area contributed by atoms with Gasteiger partial charge in [-0.15, -0.1) is 0 Å². The van der Waals surface area contributed by atoms with Crippen LogP contribution in [0.5, 0.6) is 0 Å². The number of aryl methyl sites for hydroxylation is 1. The SMILES string of the molecule is Cc1ccc(NC(=O)c2cccc(C(F)(F)F)c2C)c(C(=O)Nc2cnc(NCCCN3CCOCC3)nc2)c1. The molecule has 212 valence electrons. The van der Waals surface area contributed by atoms with Crippen molar-refractivity contribution in [3.05, 3.63) is 76.6 Å². The lowest BCUT2D eigenvalue weighted by Gasteiger charge is -2.26. The molecule has 2 aromatic carbocycles. The Balaban J connectivity index is 1.38. The molecule has 1 saturated heterocycles. The summed E-state index contributed by atoms with van der Waals surface area (Å²) in [5, 5.41) is 8.45. The van der Waals surface area contributed by atoms with Gasteiger partial charge in [0, 0.05) is 25.2 Å². The quantitative estimate of drug-likeness (QED) is 0.327. The number of carbonyl (C=O) groups excluding carboxylic acids is 2. The van der Waals surface area contributed by atoms with E-state index in [1.807, 2.05) is 0 Å². The molecule has 0 atom stereocenters. The van der Waals surface area contributed by atoms with E-state index in [-0.39, 0.29) is 22.4 Å². The van der Waals surface area contributed by atoms with Gasteiger partial charge in [-0.3, -0.25) is 14.5 Å². The van der Waals surface area contributed by atoms with Gasteiger partial charge >= 0.3 is 6.18 Å². The van der Waals surface area contributed by atoms with Gasteiger partial charge in [-0.1, -0.05) is 17.7 Å². The number of nitrogens with zero attached hydrogens (tertiary/aromatic N) is 3. The molecule has 1 aliphatic rings. The Labute approximate surface area is 230 Å². The molecule has 0 spiro atoms. The van der Waals surface area contributed by atoms with Crippen LogP contribution in [0, 0.1) is 13.8 Å². The number of hydrogen-bond donors (Lipinski definition) is 3. The molecule has 0 aliphatic carbocycles. The second kappa shape index (κ2) is 12.9. The number of morpholine rings is 1. The zero-order chi connectivity index (χ0) is 28.7. The number of carbonyl (C=O) groups is 2. The number of ether oxygens (including phenoxy) is 1. The zero-order valence-corrected chi connectivity index (χ0v) is 22.3. The fourth-order valence-corrected chi connectivity index (χ4v) is 4.34. The number of amides is 2. The number of nitrogens with one attached hydrogen (secondary N) is 3. The highest BCUT2D eigenvalue weighted by Gasteiger charge is 2.33. The summed E-state index contributed by atoms with van der Waals surface area (Å²) in [5.74, 6) is -0.858. The molecule has 0 unspecified atom stereocenters. The van der Waals surface area contributed by atoms with Gasteiger partial charge in [-0.2, -0.15) is 13.2 Å². The summed E-state index contributed by atoms with van der Waals surface area (Å²) in [5.41, 5.74) is 0.174. The monoisotopic (exact) mass is 556 g/mol. The minimum Gasteiger partial charge on any atom is -0.379 e. The number of anilines is 3. The smallest absolute Gasteiger partial charge is 0.379 e. The Bertz CT molecular complexity index is 1340. The van der Waals surface area contributed by atoms with E-state index in [2.05, 4.69) is 30.8 Å². The van der Waals surface area contributed by atoms with Gasteiger partial charge in [0.25, 0.3) is 11.8 Å². The van der Waals surface area contributed by atoms with Gasteiger partial charge in [0.15, 0.2) is 0 Å². The number of hydrogen-bond acceptors (Lipinski definition) is 7. The lowest BCUT2D eigenvalue weighted by molar-refractivity contribution is -0.138. The molecule has 2 amide bonds. The van der Waals surface area contributed by atoms with Crippen molar-refractivity contribution in [2.24, 2.45) is 0 Å². The fourth-order valence-electron chi connectivity index (χ4n) is 4.34. The first-order valence-corrected chi connectivity index (χ1v) is 12.9. The van der Waals surface area contributed by atoms with E-state index in [1.165, 1.54) is 37.5 Å². The summed E-state index contributed by atoms with van der Waals surface area (Å²) in [4.78, 5) is 36.9. The van der Waals surface area contributed by atoms with Crippen LogP contribution in [0.4, 0.5) is 30.5 Å². The van der Waals surface area contributed by atoms with E-state index in [0.717, 1.165) is 50.9 Å². The Hall–Kier alpha value is -4.03. The molecule has 3 aromatic rings. The molecule has 3 N–H and O–H groups in total. The first kappa shape index (κ1) is 29.0. The standard InChI is InChI=1S/C28H31F3N6O3/c1-18-7-8-24(36-25(38)21-5-3-6-23(19(21)2)28(29,30)31)22(15-18)26(39)35-20-16-33-27(34-17-20)32-9-4-10-37-11-13-40-14-12-37/h3,5-8,15-17H,4,9-14H2,1-2H3,(H,35,39)(H,36,38)(H,32,33,34). The number of rotatable bonds is 9. The Morgan fingerprint density at radius 2 is 1.68 bits per heavy atom. The third-order valence-corrected chi connectivity index (χ3v) is 6.50. The molecule has 12 heteroatoms. The van der Waals surface area contributed by atoms with Crippen molar-refractivity contribution in [2.45, 2.75) is 26.4 Å². The molecule has 2 heterocycles. The largest absolute Gasteiger partial charge is 0.416 e. The van der Waals surface area contributed by atoms with Crippen LogP contribution in [-0.4, -0.2) is 66.1 Å². The Kier molecular flexibility index (Phi) is 9.33. The lowest BCUT2D eigenvalue weighted by Crippen LogP contribution is -2.37. The summed E-state index contributed by atoms with van der Waals surface area (Å²) in [6.07, 6.45) is -0.737. The third kappa shape index (κ3) is 7.54. The topological polar surface area (TPSA) is 108 Å². The highest BCUT2D eigenvalue weighted by Crippen LogP contribution is 2.33. The van der Waals surface area contributed by atoms with Crippen molar-refractivity contribution in [3.63, 3.8) is 0 Å². The predicted molar refractivity (Wildman–Crippen MR) is 146 cm³/mol. The second-order valence-corrected chi connectivity index (χ2v) is 9.46. The van der Waals surface area contributed by atoms with Crippen LogP contribution >= 0.6 is 0 Å². The number of benzene rings is 2. The molecule has 1 aliphatic heterocycles. The summed E-state index contributed by atoms with van der Waals surface area (Å²) in [6, 6.07) is 8.21. The molecule has 0 bridgehead atoms. The Morgan fingerprint density at radius 1 is 0.975 bits per heavy atom. The van der Waals surface area contributed by atoms with Crippen LogP contribution in [-0.2, 0) is 10.9 Å². The van der Waals surface area contributed by atoms with Gasteiger partial charge < -0.3 is 20.7 Å². The lowest BCUT2D eigenvalue weighted by atomic mass is 10.0. The van der Waals surface area contributed by atoms with Crippen LogP contribution in [0.1, 0.15) is 43.8 Å². The first-order chi connectivity index (χ1) is 19.1. The number of halogens is 3. The van der Waals surface area contributed by atoms with Gasteiger partial charge in [0.1, 0.15) is 0 Å². The highest BCUT2D eigenvalue weighted by atomic mass is 19.4. The van der Waals surface area contributed by atoms with Crippen molar-refractivity contribution in [3.8, 4) is 0 Å². The molecule has 1 aromatic heterocycles. The summed E-state index contributed by atoms with van der Waals surface area (Å²) < 4.78 is 45.3. The van der Waals surface area contributed by atoms with Gasteiger partial charge in [-0.25, -0.2) is 9.97 Å². The van der Waals surface area contributed by atoms with Crippen molar-refractivity contribution >= 4 is 29.1 Å². The number of aromatic nitrogens is 2. The third-order valence-electron chi connectivity index (χ3n) is 6.50. The van der Waals surface area contributed by atoms with Crippen LogP contribution in [0.3, 0.4) is 0 Å². The molecular formula is C28H31F3N6O3. The summed E-state index contributed by atoms with van der Waals surface area (Å²) >= 11 is 0. The van der Waals surface area contributed by atoms with Crippen molar-refractivity contribution in [1.29, 1.82) is 0 Å². The number of alkyl halides is 3. The van der Waals surface area contributed by atoms with E-state index in [0.29, 0.717) is 18.2 Å². The molecule has 40 heavy (non-hydrogen) atoms. The van der Waals surface area contributed by atoms with Gasteiger partial charge in [0.2, 0.25) is 5.95 Å². The summed E-state index contributed by atoms with van der Waals surface area (Å²) in [7, 11) is 0. The maximum atomic E-state index is 13.3. The maximum absolute atomic E-state index is 13.3. The van der Waals surface area contributed by atoms with Crippen LogP contribution < -0.4 is 16.0 Å². The second-order valence-electron chi connectivity index (χ2n) is 9.46. The minimum absolute atomic E-state index is 0.136. The van der Waals surface area contributed by atoms with Crippen molar-refractivity contribution < 1.29 is 27.5 Å². The van der Waals surface area contributed by atoms with Crippen molar-refractivity contribution in [2.75, 3.05) is 55.3 Å². The first-order valence-electron chi connectivity index (χ1n) is 12.9. The van der Waals surface area contributed by atoms with Gasteiger partial charge in [-0.05, 0) is 56.6 Å². The zero-order valence-electron chi connectivity index (χ0n) is 22.3. The van der Waals surface area contributed by atoms with E-state index in [9.17, 15) is 22.8 Å². The van der Waals surface area contributed by atoms with E-state index >= 15 is 0 Å². The normalized spacial score (nSPS) is 14.0.